The number of hydrogen-bond donors (Lipinski definition) is 2. The summed E-state index contributed by atoms with van der Waals surface area (Å²) < 4.78 is 10.7. The van der Waals surface area contributed by atoms with E-state index in [4.69, 9.17) is 5.11 Å². The Bertz CT molecular complexity index is 219. The average Bonchev–Trinajstić information content (AvgIpc) is 1.93. The fraction of sp³-hybridized carbons (Fsp3) is 0.875. The molecule has 1 rings (SSSR count). The number of rotatable bonds is 5. The van der Waals surface area contributed by atoms with Gasteiger partial charge in [0.25, 0.3) is 0 Å². The highest BCUT2D eigenvalue weighted by atomic mass is 32.2. The van der Waals surface area contributed by atoms with E-state index >= 15 is 0 Å². The topological polar surface area (TPSA) is 66.4 Å². The summed E-state index contributed by atoms with van der Waals surface area (Å²) in [5.41, 5.74) is 0. The van der Waals surface area contributed by atoms with Gasteiger partial charge in [0.2, 0.25) is 0 Å². The Balaban J connectivity index is 2.15. The van der Waals surface area contributed by atoms with Gasteiger partial charge < -0.3 is 10.4 Å². The zero-order valence-electron chi connectivity index (χ0n) is 7.66. The van der Waals surface area contributed by atoms with Crippen molar-refractivity contribution >= 4 is 16.8 Å². The molecule has 0 aromatic carbocycles. The van der Waals surface area contributed by atoms with E-state index in [-0.39, 0.29) is 12.0 Å². The first-order valence-corrected chi connectivity index (χ1v) is 6.10. The summed E-state index contributed by atoms with van der Waals surface area (Å²) in [5, 5.41) is 11.8. The van der Waals surface area contributed by atoms with Crippen molar-refractivity contribution in [3.8, 4) is 0 Å². The van der Waals surface area contributed by atoms with Gasteiger partial charge in [-0.15, -0.1) is 0 Å². The van der Waals surface area contributed by atoms with Crippen molar-refractivity contribution in [2.75, 3.05) is 18.6 Å². The lowest BCUT2D eigenvalue weighted by Gasteiger charge is -2.34. The maximum absolute atomic E-state index is 10.7. The Morgan fingerprint density at radius 2 is 2.31 bits per heavy atom. The molecule has 0 aromatic heterocycles. The lowest BCUT2D eigenvalue weighted by atomic mass is 9.80. The molecule has 1 aliphatic rings. The molecule has 0 saturated heterocycles. The van der Waals surface area contributed by atoms with Crippen LogP contribution < -0.4 is 5.32 Å². The Morgan fingerprint density at radius 3 is 2.69 bits per heavy atom. The van der Waals surface area contributed by atoms with Crippen molar-refractivity contribution in [2.24, 2.45) is 5.92 Å². The van der Waals surface area contributed by atoms with E-state index in [1.165, 1.54) is 0 Å². The van der Waals surface area contributed by atoms with Crippen LogP contribution in [-0.4, -0.2) is 39.9 Å². The molecule has 2 N–H and O–H groups in total. The summed E-state index contributed by atoms with van der Waals surface area (Å²) in [6.45, 7) is 0.650. The van der Waals surface area contributed by atoms with Crippen molar-refractivity contribution < 1.29 is 14.1 Å². The Hall–Kier alpha value is -0.420. The average molecular weight is 205 g/mol. The normalized spacial score (nSPS) is 29.3. The maximum atomic E-state index is 10.7. The van der Waals surface area contributed by atoms with Crippen molar-refractivity contribution in [3.05, 3.63) is 0 Å². The van der Waals surface area contributed by atoms with Crippen LogP contribution in [0, 0.1) is 5.92 Å². The Kier molecular flexibility index (Phi) is 3.87. The van der Waals surface area contributed by atoms with Crippen LogP contribution in [0.2, 0.25) is 0 Å². The molecule has 1 aliphatic carbocycles. The van der Waals surface area contributed by atoms with Gasteiger partial charge in [0.1, 0.15) is 0 Å². The Morgan fingerprint density at radius 1 is 1.62 bits per heavy atom. The predicted molar refractivity (Wildman–Crippen MR) is 51.1 cm³/mol. The fourth-order valence-corrected chi connectivity index (χ4v) is 1.83. The van der Waals surface area contributed by atoms with Crippen LogP contribution >= 0.6 is 0 Å². The number of hydrogen-bond acceptors (Lipinski definition) is 3. The molecular formula is C8H15NO3S. The van der Waals surface area contributed by atoms with Crippen molar-refractivity contribution in [2.45, 2.75) is 18.9 Å². The van der Waals surface area contributed by atoms with E-state index in [2.05, 4.69) is 5.32 Å². The molecule has 1 saturated carbocycles. The predicted octanol–water partition coefficient (Wildman–Crippen LogP) is -0.182. The molecule has 3 unspecified atom stereocenters. The van der Waals surface area contributed by atoms with Gasteiger partial charge in [0.05, 0.1) is 5.92 Å². The summed E-state index contributed by atoms with van der Waals surface area (Å²) in [7, 11) is -0.792. The summed E-state index contributed by atoms with van der Waals surface area (Å²) in [5.74, 6) is -0.352. The molecule has 4 nitrogen and oxygen atoms in total. The van der Waals surface area contributed by atoms with E-state index in [0.717, 1.165) is 12.8 Å². The second-order valence-corrected chi connectivity index (χ2v) is 4.91. The first-order valence-electron chi connectivity index (χ1n) is 4.37. The summed E-state index contributed by atoms with van der Waals surface area (Å²) in [6.07, 6.45) is 3.34. The third-order valence-corrected chi connectivity index (χ3v) is 3.17. The molecule has 0 aromatic rings. The standard InChI is InChI=1S/C8H15NO3S/c1-13(12)5-4-9-7-3-2-6(7)8(10)11/h6-7,9H,2-5H2,1H3,(H,10,11). The monoisotopic (exact) mass is 205 g/mol. The lowest BCUT2D eigenvalue weighted by molar-refractivity contribution is -0.145. The zero-order valence-corrected chi connectivity index (χ0v) is 8.47. The molecule has 0 spiro atoms. The van der Waals surface area contributed by atoms with Crippen LogP contribution in [0.5, 0.6) is 0 Å². The minimum absolute atomic E-state index is 0.0982. The summed E-state index contributed by atoms with van der Waals surface area (Å²) in [4.78, 5) is 10.6. The van der Waals surface area contributed by atoms with E-state index < -0.39 is 16.8 Å². The first kappa shape index (κ1) is 10.7. The van der Waals surface area contributed by atoms with Crippen LogP contribution in [0.3, 0.4) is 0 Å². The first-order chi connectivity index (χ1) is 6.11. The second kappa shape index (κ2) is 4.72. The van der Waals surface area contributed by atoms with Crippen LogP contribution in [0.15, 0.2) is 0 Å². The van der Waals surface area contributed by atoms with Gasteiger partial charge in [-0.05, 0) is 12.8 Å². The molecule has 1 fully saturated rings. The van der Waals surface area contributed by atoms with Gasteiger partial charge in [-0.25, -0.2) is 0 Å². The third kappa shape index (κ3) is 3.08. The van der Waals surface area contributed by atoms with Gasteiger partial charge in [0, 0.05) is 35.4 Å². The van der Waals surface area contributed by atoms with Gasteiger partial charge in [-0.3, -0.25) is 9.00 Å². The van der Waals surface area contributed by atoms with Crippen molar-refractivity contribution in [1.82, 2.24) is 5.32 Å². The van der Waals surface area contributed by atoms with Crippen LogP contribution in [0.4, 0.5) is 0 Å². The highest BCUT2D eigenvalue weighted by Gasteiger charge is 2.35. The highest BCUT2D eigenvalue weighted by molar-refractivity contribution is 7.84. The van der Waals surface area contributed by atoms with E-state index in [1.807, 2.05) is 0 Å². The molecular weight excluding hydrogens is 190 g/mol. The van der Waals surface area contributed by atoms with Crippen LogP contribution in [0.1, 0.15) is 12.8 Å². The summed E-state index contributed by atoms with van der Waals surface area (Å²) in [6, 6.07) is 0.0982. The number of carboxylic acid groups (broad SMARTS) is 1. The number of aliphatic carboxylic acids is 1. The number of carbonyl (C=O) groups is 1. The lowest BCUT2D eigenvalue weighted by Crippen LogP contribution is -2.48. The molecule has 3 atom stereocenters. The largest absolute Gasteiger partial charge is 0.481 e. The molecule has 0 amide bonds. The minimum atomic E-state index is -0.792. The number of nitrogens with one attached hydrogen (secondary N) is 1. The maximum Gasteiger partial charge on any atom is 0.308 e. The second-order valence-electron chi connectivity index (χ2n) is 3.36. The molecule has 0 aliphatic heterocycles. The minimum Gasteiger partial charge on any atom is -0.481 e. The zero-order chi connectivity index (χ0) is 9.84. The van der Waals surface area contributed by atoms with Crippen LogP contribution in [0.25, 0.3) is 0 Å². The molecule has 0 radical (unpaired) electrons. The van der Waals surface area contributed by atoms with Crippen molar-refractivity contribution in [3.63, 3.8) is 0 Å². The van der Waals surface area contributed by atoms with E-state index in [1.54, 1.807) is 6.26 Å². The molecule has 76 valence electrons. The highest BCUT2D eigenvalue weighted by Crippen LogP contribution is 2.27. The van der Waals surface area contributed by atoms with Gasteiger partial charge in [-0.2, -0.15) is 0 Å². The SMILES string of the molecule is CS(=O)CCNC1CCC1C(=O)O. The van der Waals surface area contributed by atoms with Crippen LogP contribution in [-0.2, 0) is 15.6 Å². The summed E-state index contributed by atoms with van der Waals surface area (Å²) >= 11 is 0. The van der Waals surface area contributed by atoms with Gasteiger partial charge in [0.15, 0.2) is 0 Å². The quantitative estimate of drug-likeness (QED) is 0.653. The van der Waals surface area contributed by atoms with Gasteiger partial charge >= 0.3 is 5.97 Å². The smallest absolute Gasteiger partial charge is 0.308 e. The van der Waals surface area contributed by atoms with Crippen molar-refractivity contribution in [1.29, 1.82) is 0 Å². The molecule has 0 heterocycles. The molecule has 13 heavy (non-hydrogen) atoms. The van der Waals surface area contributed by atoms with Gasteiger partial charge in [-0.1, -0.05) is 0 Å². The van der Waals surface area contributed by atoms with E-state index in [9.17, 15) is 9.00 Å². The molecule has 5 heteroatoms. The molecule has 0 bridgehead atoms. The third-order valence-electron chi connectivity index (χ3n) is 2.39. The fourth-order valence-electron chi connectivity index (χ4n) is 1.43. The van der Waals surface area contributed by atoms with E-state index in [0.29, 0.717) is 12.3 Å². The number of carboxylic acids is 1. The Labute approximate surface area is 80.2 Å².